The fourth-order valence-electron chi connectivity index (χ4n) is 2.68. The number of nitro groups is 1. The first-order valence-electron chi connectivity index (χ1n) is 8.24. The molecule has 0 saturated carbocycles. The molecule has 0 aliphatic carbocycles. The van der Waals surface area contributed by atoms with Crippen LogP contribution in [0.1, 0.15) is 26.8 Å². The van der Waals surface area contributed by atoms with Gasteiger partial charge in [0, 0.05) is 33.9 Å². The Bertz CT molecular complexity index is 1160. The number of nitrogens with one attached hydrogen (secondary N) is 1. The SMILES string of the molecule is CS(=O)(=O)c1cc(C(=O)NC(c2ccc(Cl)cc2)c2cccs2)cc([N+](=O)[O-])c1. The summed E-state index contributed by atoms with van der Waals surface area (Å²) in [5, 5.41) is 16.4. The number of hydrogen-bond acceptors (Lipinski definition) is 6. The molecule has 1 amide bonds. The van der Waals surface area contributed by atoms with Crippen LogP contribution in [0.5, 0.6) is 0 Å². The van der Waals surface area contributed by atoms with E-state index in [1.54, 1.807) is 24.3 Å². The third-order valence-corrected chi connectivity index (χ3v) is 6.38. The van der Waals surface area contributed by atoms with Crippen LogP contribution in [0.3, 0.4) is 0 Å². The monoisotopic (exact) mass is 450 g/mol. The molecular weight excluding hydrogens is 436 g/mol. The number of benzene rings is 2. The third-order valence-electron chi connectivity index (χ3n) is 4.10. The number of sulfone groups is 1. The van der Waals surface area contributed by atoms with Crippen LogP contribution in [-0.2, 0) is 9.84 Å². The maximum Gasteiger partial charge on any atom is 0.271 e. The average Bonchev–Trinajstić information content (AvgIpc) is 3.20. The average molecular weight is 451 g/mol. The molecule has 29 heavy (non-hydrogen) atoms. The number of rotatable bonds is 6. The molecule has 0 fully saturated rings. The summed E-state index contributed by atoms with van der Waals surface area (Å²) in [7, 11) is -3.74. The van der Waals surface area contributed by atoms with Crippen molar-refractivity contribution in [1.29, 1.82) is 0 Å². The molecule has 1 atom stereocenters. The van der Waals surface area contributed by atoms with Crippen LogP contribution < -0.4 is 5.32 Å². The minimum Gasteiger partial charge on any atom is -0.340 e. The van der Waals surface area contributed by atoms with Crippen molar-refractivity contribution in [3.05, 3.63) is 91.1 Å². The lowest BCUT2D eigenvalue weighted by Gasteiger charge is -2.18. The second-order valence-electron chi connectivity index (χ2n) is 6.22. The molecule has 150 valence electrons. The summed E-state index contributed by atoms with van der Waals surface area (Å²) in [6.07, 6.45) is 0.926. The second-order valence-corrected chi connectivity index (χ2v) is 9.65. The number of nitro benzene ring substituents is 1. The maximum absolute atomic E-state index is 12.9. The summed E-state index contributed by atoms with van der Waals surface area (Å²) >= 11 is 7.38. The summed E-state index contributed by atoms with van der Waals surface area (Å²) < 4.78 is 23.8. The van der Waals surface area contributed by atoms with E-state index >= 15 is 0 Å². The predicted octanol–water partition coefficient (Wildman–Crippen LogP) is 4.23. The first kappa shape index (κ1) is 21.0. The van der Waals surface area contributed by atoms with E-state index in [-0.39, 0.29) is 10.5 Å². The Morgan fingerprint density at radius 1 is 1.17 bits per heavy atom. The highest BCUT2D eigenvalue weighted by molar-refractivity contribution is 7.90. The van der Waals surface area contributed by atoms with Gasteiger partial charge in [-0.15, -0.1) is 11.3 Å². The lowest BCUT2D eigenvalue weighted by atomic mass is 10.0. The normalized spacial score (nSPS) is 12.3. The summed E-state index contributed by atoms with van der Waals surface area (Å²) in [5.41, 5.74) is 0.173. The van der Waals surface area contributed by atoms with Gasteiger partial charge in [0.15, 0.2) is 9.84 Å². The van der Waals surface area contributed by atoms with Crippen molar-refractivity contribution >= 4 is 44.4 Å². The van der Waals surface area contributed by atoms with Gasteiger partial charge in [-0.3, -0.25) is 14.9 Å². The summed E-state index contributed by atoms with van der Waals surface area (Å²) in [5.74, 6) is -0.632. The van der Waals surface area contributed by atoms with Crippen molar-refractivity contribution < 1.29 is 18.1 Å². The molecule has 2 aromatic carbocycles. The van der Waals surface area contributed by atoms with Gasteiger partial charge >= 0.3 is 0 Å². The van der Waals surface area contributed by atoms with E-state index in [0.717, 1.165) is 34.9 Å². The summed E-state index contributed by atoms with van der Waals surface area (Å²) in [4.78, 5) is 23.9. The molecule has 0 radical (unpaired) electrons. The number of thiophene rings is 1. The smallest absolute Gasteiger partial charge is 0.271 e. The molecule has 0 bridgehead atoms. The van der Waals surface area contributed by atoms with E-state index < -0.39 is 32.4 Å². The fourth-order valence-corrected chi connectivity index (χ4v) is 4.28. The molecule has 0 aliphatic rings. The zero-order valence-corrected chi connectivity index (χ0v) is 17.4. The second kappa shape index (κ2) is 8.32. The lowest BCUT2D eigenvalue weighted by molar-refractivity contribution is -0.385. The van der Waals surface area contributed by atoms with Gasteiger partial charge in [-0.05, 0) is 35.2 Å². The Labute approximate surface area is 176 Å². The van der Waals surface area contributed by atoms with Crippen molar-refractivity contribution in [3.63, 3.8) is 0 Å². The van der Waals surface area contributed by atoms with Crippen LogP contribution in [0.2, 0.25) is 5.02 Å². The summed E-state index contributed by atoms with van der Waals surface area (Å²) in [6.45, 7) is 0. The molecule has 3 rings (SSSR count). The van der Waals surface area contributed by atoms with Crippen molar-refractivity contribution in [2.24, 2.45) is 0 Å². The minimum absolute atomic E-state index is 0.116. The maximum atomic E-state index is 12.9. The standard InChI is InChI=1S/C19H15ClN2O5S2/c1-29(26,27)16-10-13(9-15(11-16)22(24)25)19(23)21-18(17-3-2-8-28-17)12-4-6-14(20)7-5-12/h2-11,18H,1H3,(H,21,23). The largest absolute Gasteiger partial charge is 0.340 e. The molecule has 10 heteroatoms. The van der Waals surface area contributed by atoms with E-state index in [0.29, 0.717) is 5.02 Å². The van der Waals surface area contributed by atoms with Crippen LogP contribution in [0, 0.1) is 10.1 Å². The zero-order valence-electron chi connectivity index (χ0n) is 15.0. The highest BCUT2D eigenvalue weighted by Crippen LogP contribution is 2.28. The van der Waals surface area contributed by atoms with E-state index in [2.05, 4.69) is 5.32 Å². The molecule has 0 spiro atoms. The third kappa shape index (κ3) is 5.00. The molecule has 1 unspecified atom stereocenters. The lowest BCUT2D eigenvalue weighted by Crippen LogP contribution is -2.29. The minimum atomic E-state index is -3.74. The van der Waals surface area contributed by atoms with Crippen LogP contribution in [0.15, 0.2) is 64.9 Å². The molecular formula is C19H15ClN2O5S2. The number of carbonyl (C=O) groups excluding carboxylic acids is 1. The number of carbonyl (C=O) groups is 1. The van der Waals surface area contributed by atoms with Crippen LogP contribution in [-0.4, -0.2) is 25.5 Å². The van der Waals surface area contributed by atoms with Crippen molar-refractivity contribution in [1.82, 2.24) is 5.32 Å². The van der Waals surface area contributed by atoms with Crippen LogP contribution in [0.4, 0.5) is 5.69 Å². The molecule has 0 saturated heterocycles. The van der Waals surface area contributed by atoms with Crippen molar-refractivity contribution in [2.75, 3.05) is 6.26 Å². The highest BCUT2D eigenvalue weighted by Gasteiger charge is 2.23. The molecule has 7 nitrogen and oxygen atoms in total. The number of nitrogens with zero attached hydrogens (tertiary/aromatic N) is 1. The summed E-state index contributed by atoms with van der Waals surface area (Å²) in [6, 6.07) is 13.2. The van der Waals surface area contributed by atoms with Gasteiger partial charge in [0.25, 0.3) is 11.6 Å². The van der Waals surface area contributed by atoms with Crippen molar-refractivity contribution in [2.45, 2.75) is 10.9 Å². The molecule has 1 N–H and O–H groups in total. The molecule has 1 aromatic heterocycles. The Morgan fingerprint density at radius 2 is 1.86 bits per heavy atom. The van der Waals surface area contributed by atoms with Crippen LogP contribution in [0.25, 0.3) is 0 Å². The van der Waals surface area contributed by atoms with Gasteiger partial charge in [0.05, 0.1) is 15.9 Å². The van der Waals surface area contributed by atoms with Crippen LogP contribution >= 0.6 is 22.9 Å². The Morgan fingerprint density at radius 3 is 2.41 bits per heavy atom. The van der Waals surface area contributed by atoms with Crippen molar-refractivity contribution in [3.8, 4) is 0 Å². The molecule has 1 heterocycles. The van der Waals surface area contributed by atoms with Gasteiger partial charge in [-0.2, -0.15) is 0 Å². The number of amides is 1. The van der Waals surface area contributed by atoms with E-state index in [4.69, 9.17) is 11.6 Å². The number of hydrogen-bond donors (Lipinski definition) is 1. The quantitative estimate of drug-likeness (QED) is 0.446. The van der Waals surface area contributed by atoms with Gasteiger partial charge < -0.3 is 5.32 Å². The number of non-ortho nitro benzene ring substituents is 1. The van der Waals surface area contributed by atoms with Gasteiger partial charge in [0.1, 0.15) is 0 Å². The Balaban J connectivity index is 2.01. The topological polar surface area (TPSA) is 106 Å². The van der Waals surface area contributed by atoms with Gasteiger partial charge in [0.2, 0.25) is 0 Å². The number of halogens is 1. The predicted molar refractivity (Wildman–Crippen MR) is 111 cm³/mol. The Hall–Kier alpha value is -2.75. The molecule has 0 aliphatic heterocycles. The highest BCUT2D eigenvalue weighted by atomic mass is 35.5. The molecule has 3 aromatic rings. The first-order valence-corrected chi connectivity index (χ1v) is 11.4. The zero-order chi connectivity index (χ0) is 21.2. The fraction of sp³-hybridized carbons (Fsp3) is 0.105. The van der Waals surface area contributed by atoms with Gasteiger partial charge in [-0.1, -0.05) is 29.8 Å². The van der Waals surface area contributed by atoms with E-state index in [9.17, 15) is 23.3 Å². The van der Waals surface area contributed by atoms with Gasteiger partial charge in [-0.25, -0.2) is 8.42 Å². The van der Waals surface area contributed by atoms with E-state index in [1.165, 1.54) is 11.3 Å². The first-order chi connectivity index (χ1) is 13.6. The van der Waals surface area contributed by atoms with E-state index in [1.807, 2.05) is 17.5 Å². The Kier molecular flexibility index (Phi) is 6.02.